The summed E-state index contributed by atoms with van der Waals surface area (Å²) in [7, 11) is 0. The second kappa shape index (κ2) is 27.4. The zero-order valence-corrected chi connectivity index (χ0v) is 69.6. The molecule has 0 saturated heterocycles. The molecule has 24 heteroatoms. The average Bonchev–Trinajstić information content (AvgIpc) is 1.58. The summed E-state index contributed by atoms with van der Waals surface area (Å²) < 4.78 is 27.2. The number of nitrogens with one attached hydrogen (secondary N) is 2. The van der Waals surface area contributed by atoms with Gasteiger partial charge in [-0.25, -0.2) is 29.9 Å². The Balaban J connectivity index is 1.25. The average molecular weight is 1630 g/mol. The van der Waals surface area contributed by atoms with Gasteiger partial charge < -0.3 is 28.9 Å². The van der Waals surface area contributed by atoms with Crippen molar-refractivity contribution in [1.29, 1.82) is 0 Å². The van der Waals surface area contributed by atoms with Crippen LogP contribution in [0.4, 0.5) is 0 Å². The van der Waals surface area contributed by atoms with E-state index in [1.54, 1.807) is 0 Å². The lowest BCUT2D eigenvalue weighted by Crippen LogP contribution is -2.17. The predicted molar refractivity (Wildman–Crippen MR) is 433 cm³/mol. The van der Waals surface area contributed by atoms with E-state index in [1.165, 1.54) is 0 Å². The Hall–Kier alpha value is -5.42. The predicted octanol–water partition coefficient (Wildman–Crippen LogP) is 29.3. The monoisotopic (exact) mass is 1620 g/mol. The van der Waals surface area contributed by atoms with E-state index in [2.05, 4.69) is 167 Å². The van der Waals surface area contributed by atoms with Crippen molar-refractivity contribution in [2.75, 3.05) is 6.61 Å². The molecule has 540 valence electrons. The fourth-order valence-electron chi connectivity index (χ4n) is 12.4. The summed E-state index contributed by atoms with van der Waals surface area (Å²) >= 11 is 91.3. The molecule has 103 heavy (non-hydrogen) atoms. The lowest BCUT2D eigenvalue weighted by molar-refractivity contribution is 0.290. The van der Waals surface area contributed by atoms with Crippen LogP contribution in [0.2, 0.25) is 60.3 Å². The van der Waals surface area contributed by atoms with Crippen LogP contribution in [0.3, 0.4) is 0 Å². The van der Waals surface area contributed by atoms with E-state index < -0.39 is 16.2 Å². The Labute approximate surface area is 660 Å². The summed E-state index contributed by atoms with van der Waals surface area (Å²) in [5.74, 6) is 1.48. The number of ether oxygens (including phenoxy) is 4. The van der Waals surface area contributed by atoms with Gasteiger partial charge in [-0.2, -0.15) is 0 Å². The van der Waals surface area contributed by atoms with Crippen LogP contribution in [-0.2, 0) is 32.5 Å². The van der Waals surface area contributed by atoms with Crippen molar-refractivity contribution in [3.63, 3.8) is 0 Å². The van der Waals surface area contributed by atoms with Gasteiger partial charge in [0.25, 0.3) is 0 Å². The van der Waals surface area contributed by atoms with E-state index in [-0.39, 0.29) is 202 Å². The normalized spacial score (nSPS) is 13.0. The first kappa shape index (κ1) is 77.2. The number of benzene rings is 7. The zero-order chi connectivity index (χ0) is 75.5. The maximum absolute atomic E-state index is 7.87. The van der Waals surface area contributed by atoms with Crippen molar-refractivity contribution in [1.82, 2.24) is 39.9 Å². The fraction of sp³-hybridized carbons (Fsp3) is 0.367. The number of nitrogens with zero attached hydrogens (tertiary/aromatic N) is 6. The largest absolute Gasteiger partial charge is 0.490 e. The molecule has 2 aliphatic rings. The van der Waals surface area contributed by atoms with Crippen LogP contribution in [0.25, 0.3) is 89.7 Å². The highest BCUT2D eigenvalue weighted by Crippen LogP contribution is 2.59. The molecule has 12 nitrogen and oxygen atoms in total. The van der Waals surface area contributed by atoms with Crippen LogP contribution in [-0.4, -0.2) is 46.5 Å². The standard InChI is InChI=1S/C79H76Cl12N8O4/c1-32(2)27-28-100-62-54(84)46-42(50(80)58(62)88)66-92-67-43-48(56(86)64(59(89)51(43)81)102-40-25-22-34(75(6,7)8)30-37(40)78(15,16)17)72(95-67)99-73-49-45(53(83)61(91)65(57(49)87)103-41-26-23-35(76(9,10)11)31-38(41)79(18,19)20)69(98-73)97-71-47-44(68(96-71)94-70(46)93-66)52(82)60(90)63(55(47)85)101-39-24-21-33(74(3,4)5)29-36(39)77(12,13)14/h21-26,29-32H,27-28H2,1-20H3,(H2,92,93,94,95,96,97,98,99). The molecule has 0 saturated carbocycles. The van der Waals surface area contributed by atoms with E-state index in [9.17, 15) is 0 Å². The van der Waals surface area contributed by atoms with Gasteiger partial charge in [-0.15, -0.1) is 0 Å². The molecule has 0 fully saturated rings. The van der Waals surface area contributed by atoms with Crippen molar-refractivity contribution in [3.05, 3.63) is 148 Å². The van der Waals surface area contributed by atoms with Crippen LogP contribution in [0.1, 0.15) is 178 Å². The molecular weight excluding hydrogens is 1550 g/mol. The van der Waals surface area contributed by atoms with Gasteiger partial charge in [0.15, 0.2) is 46.3 Å². The highest BCUT2D eigenvalue weighted by molar-refractivity contribution is 6.53. The number of H-pyrrole nitrogens is 2. The van der Waals surface area contributed by atoms with E-state index >= 15 is 0 Å². The number of hydrogen-bond donors (Lipinski definition) is 2. The SMILES string of the molecule is CC(C)CCOc1c(Cl)c(Cl)c2c3nc4nc(nc5[nH]c(nc6nc(nc([nH]3)c2c1Cl)-c1c(Cl)c(Cl)c(Oc2ccc(C(C)(C)C)cc2C(C)(C)C)c(Cl)c1-6)c1c(Cl)c(Cl)c(Oc2ccc(C(C)(C)C)cc2C(C)(C)C)c(Cl)c51)-c1c(Cl)c(Oc2ccc(C(C)(C)C)cc2C(C)(C)C)c(Cl)c(Cl)c1-4. The van der Waals surface area contributed by atoms with Crippen LogP contribution in [0.15, 0.2) is 54.6 Å². The second-order valence-corrected chi connectivity index (χ2v) is 37.2. The van der Waals surface area contributed by atoms with Crippen molar-refractivity contribution in [2.24, 2.45) is 5.92 Å². The third-order valence-electron chi connectivity index (χ3n) is 18.3. The molecule has 0 aliphatic carbocycles. The van der Waals surface area contributed by atoms with E-state index in [0.29, 0.717) is 23.7 Å². The van der Waals surface area contributed by atoms with Gasteiger partial charge in [0.05, 0.1) is 90.6 Å². The molecule has 0 amide bonds. The van der Waals surface area contributed by atoms with E-state index in [0.717, 1.165) is 33.4 Å². The number of aromatic amines is 2. The number of rotatable bonds is 10. The van der Waals surface area contributed by atoms with Crippen LogP contribution >= 0.6 is 139 Å². The molecule has 8 bridgehead atoms. The van der Waals surface area contributed by atoms with Crippen LogP contribution in [0, 0.1) is 5.92 Å². The first-order valence-electron chi connectivity index (χ1n) is 33.4. The molecule has 7 aromatic carbocycles. The van der Waals surface area contributed by atoms with Gasteiger partial charge in [0.2, 0.25) is 0 Å². The molecule has 2 aliphatic heterocycles. The Kier molecular flexibility index (Phi) is 20.5. The van der Waals surface area contributed by atoms with Crippen molar-refractivity contribution < 1.29 is 18.9 Å². The minimum Gasteiger partial charge on any atom is -0.490 e. The molecule has 0 radical (unpaired) electrons. The lowest BCUT2D eigenvalue weighted by Gasteiger charge is -2.27. The van der Waals surface area contributed by atoms with Gasteiger partial charge in [-0.3, -0.25) is 0 Å². The molecule has 0 atom stereocenters. The molecule has 5 heterocycles. The summed E-state index contributed by atoms with van der Waals surface area (Å²) in [5, 5.41) is 0.254. The molecular formula is C79H76Cl12N8O4. The summed E-state index contributed by atoms with van der Waals surface area (Å²) in [5.41, 5.74) is 4.60. The van der Waals surface area contributed by atoms with Gasteiger partial charge >= 0.3 is 0 Å². The highest BCUT2D eigenvalue weighted by atomic mass is 35.5. The van der Waals surface area contributed by atoms with Gasteiger partial charge in [0, 0.05) is 16.7 Å². The summed E-state index contributed by atoms with van der Waals surface area (Å²) in [6, 6.07) is 18.1. The van der Waals surface area contributed by atoms with Crippen molar-refractivity contribution >= 4 is 183 Å². The Morgan fingerprint density at radius 1 is 0.311 bits per heavy atom. The molecule has 2 N–H and O–H groups in total. The Morgan fingerprint density at radius 2 is 0.573 bits per heavy atom. The third kappa shape index (κ3) is 14.1. The van der Waals surface area contributed by atoms with Crippen LogP contribution in [0.5, 0.6) is 40.2 Å². The summed E-state index contributed by atoms with van der Waals surface area (Å²) in [6.07, 6.45) is 0.651. The number of hydrogen-bond acceptors (Lipinski definition) is 10. The second-order valence-electron chi connectivity index (χ2n) is 32.7. The summed E-state index contributed by atoms with van der Waals surface area (Å²) in [6.45, 7) is 42.5. The number of halogens is 12. The Morgan fingerprint density at radius 3 is 0.864 bits per heavy atom. The molecule has 0 spiro atoms. The van der Waals surface area contributed by atoms with Gasteiger partial charge in [0.1, 0.15) is 59.9 Å². The maximum atomic E-state index is 7.87. The fourth-order valence-corrected chi connectivity index (χ4v) is 15.9. The Bertz CT molecular complexity index is 5430. The molecule has 3 aromatic heterocycles. The van der Waals surface area contributed by atoms with E-state index in [1.807, 2.05) is 36.4 Å². The number of fused-ring (bicyclic) bond motifs is 20. The zero-order valence-electron chi connectivity index (χ0n) is 60.5. The van der Waals surface area contributed by atoms with Gasteiger partial charge in [-0.1, -0.05) is 314 Å². The minimum atomic E-state index is -0.442. The first-order valence-corrected chi connectivity index (χ1v) is 38.0. The van der Waals surface area contributed by atoms with Crippen LogP contribution < -0.4 is 18.9 Å². The van der Waals surface area contributed by atoms with Crippen molar-refractivity contribution in [3.8, 4) is 85.8 Å². The van der Waals surface area contributed by atoms with Crippen molar-refractivity contribution in [2.45, 2.75) is 177 Å². The molecule has 12 rings (SSSR count). The molecule has 0 unspecified atom stereocenters. The topological polar surface area (TPSA) is 146 Å². The number of aromatic nitrogens is 8. The lowest BCUT2D eigenvalue weighted by atomic mass is 9.80. The quantitative estimate of drug-likeness (QED) is 0.127. The minimum absolute atomic E-state index is 0.000631. The first-order chi connectivity index (χ1) is 47.7. The summed E-state index contributed by atoms with van der Waals surface area (Å²) in [4.78, 5) is 38.4. The smallest absolute Gasteiger partial charge is 0.166 e. The maximum Gasteiger partial charge on any atom is 0.166 e. The highest BCUT2D eigenvalue weighted by Gasteiger charge is 2.38. The third-order valence-corrected chi connectivity index (χ3v) is 23.1. The molecule has 10 aromatic rings. The van der Waals surface area contributed by atoms with E-state index in [4.69, 9.17) is 188 Å². The van der Waals surface area contributed by atoms with Gasteiger partial charge in [-0.05, 0) is 79.7 Å².